The molecule has 1 atom stereocenters. The quantitative estimate of drug-likeness (QED) is 0.592. The van der Waals surface area contributed by atoms with Crippen LogP contribution in [0.5, 0.6) is 0 Å². The van der Waals surface area contributed by atoms with Crippen molar-refractivity contribution >= 4 is 23.2 Å². The van der Waals surface area contributed by atoms with Crippen LogP contribution in [0.2, 0.25) is 0 Å². The summed E-state index contributed by atoms with van der Waals surface area (Å²) in [5, 5.41) is 6.20. The van der Waals surface area contributed by atoms with Gasteiger partial charge in [-0.3, -0.25) is 14.3 Å². The predicted octanol–water partition coefficient (Wildman–Crippen LogP) is 3.70. The van der Waals surface area contributed by atoms with Crippen LogP contribution in [0.3, 0.4) is 0 Å². The van der Waals surface area contributed by atoms with E-state index in [0.29, 0.717) is 31.7 Å². The van der Waals surface area contributed by atoms with Gasteiger partial charge in [-0.2, -0.15) is 5.10 Å². The van der Waals surface area contributed by atoms with Crippen molar-refractivity contribution in [3.63, 3.8) is 0 Å². The van der Waals surface area contributed by atoms with E-state index in [1.807, 2.05) is 15.9 Å². The van der Waals surface area contributed by atoms with Crippen LogP contribution in [0.15, 0.2) is 54.0 Å². The summed E-state index contributed by atoms with van der Waals surface area (Å²) in [6.45, 7) is 4.35. The number of thiophene rings is 1. The number of carbonyl (C=O) groups excluding carboxylic acids is 2. The van der Waals surface area contributed by atoms with E-state index in [-0.39, 0.29) is 17.7 Å². The van der Waals surface area contributed by atoms with Crippen LogP contribution in [-0.2, 0) is 18.3 Å². The lowest BCUT2D eigenvalue weighted by Crippen LogP contribution is -2.38. The summed E-state index contributed by atoms with van der Waals surface area (Å²) in [6.07, 6.45) is 3.16. The van der Waals surface area contributed by atoms with Crippen LogP contribution in [0.25, 0.3) is 10.4 Å². The molecule has 31 heavy (non-hydrogen) atoms. The fraction of sp³-hybridized carbons (Fsp3) is 0.375. The van der Waals surface area contributed by atoms with E-state index in [1.54, 1.807) is 35.3 Å². The van der Waals surface area contributed by atoms with Gasteiger partial charge in [0.05, 0.1) is 5.92 Å². The maximum absolute atomic E-state index is 13.3. The minimum Gasteiger partial charge on any atom is -0.341 e. The number of benzene rings is 1. The number of hydrogen-bond donors (Lipinski definition) is 0. The fourth-order valence-electron chi connectivity index (χ4n) is 4.15. The Hall–Kier alpha value is -2.93. The molecule has 1 aliphatic rings. The second-order valence-electron chi connectivity index (χ2n) is 7.99. The van der Waals surface area contributed by atoms with Gasteiger partial charge in [0.2, 0.25) is 5.91 Å². The summed E-state index contributed by atoms with van der Waals surface area (Å²) in [4.78, 5) is 31.4. The molecule has 1 saturated heterocycles. The van der Waals surface area contributed by atoms with Crippen LogP contribution in [0, 0.1) is 5.92 Å². The molecule has 3 heterocycles. The third-order valence-corrected chi connectivity index (χ3v) is 6.72. The van der Waals surface area contributed by atoms with Crippen LogP contribution >= 0.6 is 11.3 Å². The van der Waals surface area contributed by atoms with Crippen molar-refractivity contribution in [1.29, 1.82) is 0 Å². The van der Waals surface area contributed by atoms with Gasteiger partial charge < -0.3 is 9.80 Å². The van der Waals surface area contributed by atoms with Crippen molar-refractivity contribution < 1.29 is 9.59 Å². The molecular formula is C24H28N4O2S. The lowest BCUT2D eigenvalue weighted by molar-refractivity contribution is -0.134. The molecule has 1 fully saturated rings. The predicted molar refractivity (Wildman–Crippen MR) is 123 cm³/mol. The molecule has 162 valence electrons. The number of carbonyl (C=O) groups is 2. The fourth-order valence-corrected chi connectivity index (χ4v) is 4.88. The smallest absolute Gasteiger partial charge is 0.272 e. The van der Waals surface area contributed by atoms with Crippen molar-refractivity contribution in [2.75, 3.05) is 26.2 Å². The Bertz CT molecular complexity index is 1030. The Kier molecular flexibility index (Phi) is 6.51. The molecule has 7 heteroatoms. The normalized spacial score (nSPS) is 17.1. The van der Waals surface area contributed by atoms with Crippen molar-refractivity contribution in [1.82, 2.24) is 19.6 Å². The highest BCUT2D eigenvalue weighted by atomic mass is 32.1. The lowest BCUT2D eigenvalue weighted by atomic mass is 9.96. The molecule has 3 aromatic rings. The maximum Gasteiger partial charge on any atom is 0.272 e. The molecule has 6 nitrogen and oxygen atoms in total. The van der Waals surface area contributed by atoms with Gasteiger partial charge in [-0.25, -0.2) is 0 Å². The molecule has 1 aliphatic heterocycles. The number of nitrogens with zero attached hydrogens (tertiary/aromatic N) is 4. The van der Waals surface area contributed by atoms with Crippen LogP contribution in [0.1, 0.15) is 29.4 Å². The summed E-state index contributed by atoms with van der Waals surface area (Å²) in [5.74, 6) is -0.174. The zero-order valence-electron chi connectivity index (χ0n) is 18.0. The SMILES string of the molecule is CCCN1CCN(C(=O)c2ccnn2C)C[C@@H](Cc2ccc(-c3cccs3)cc2)C1=O. The van der Waals surface area contributed by atoms with Gasteiger partial charge in [0, 0.05) is 44.3 Å². The highest BCUT2D eigenvalue weighted by molar-refractivity contribution is 7.13. The molecule has 1 aromatic carbocycles. The molecular weight excluding hydrogens is 408 g/mol. The topological polar surface area (TPSA) is 58.4 Å². The molecule has 2 aromatic heterocycles. The number of hydrogen-bond acceptors (Lipinski definition) is 4. The minimum absolute atomic E-state index is 0.0656. The second-order valence-corrected chi connectivity index (χ2v) is 8.94. The van der Waals surface area contributed by atoms with E-state index < -0.39 is 0 Å². The van der Waals surface area contributed by atoms with Crippen LogP contribution in [-0.4, -0.2) is 57.6 Å². The van der Waals surface area contributed by atoms with Gasteiger partial charge in [0.1, 0.15) is 5.69 Å². The summed E-state index contributed by atoms with van der Waals surface area (Å²) in [7, 11) is 1.77. The van der Waals surface area contributed by atoms with E-state index >= 15 is 0 Å². The van der Waals surface area contributed by atoms with Gasteiger partial charge in [0.15, 0.2) is 0 Å². The zero-order chi connectivity index (χ0) is 21.8. The molecule has 2 amide bonds. The van der Waals surface area contributed by atoms with Gasteiger partial charge in [-0.1, -0.05) is 37.3 Å². The second kappa shape index (κ2) is 9.47. The van der Waals surface area contributed by atoms with E-state index in [0.717, 1.165) is 18.5 Å². The third kappa shape index (κ3) is 4.71. The Morgan fingerprint density at radius 3 is 2.61 bits per heavy atom. The first-order chi connectivity index (χ1) is 15.1. The van der Waals surface area contributed by atoms with Crippen molar-refractivity contribution in [3.05, 3.63) is 65.3 Å². The lowest BCUT2D eigenvalue weighted by Gasteiger charge is -2.24. The van der Waals surface area contributed by atoms with Gasteiger partial charge >= 0.3 is 0 Å². The Morgan fingerprint density at radius 1 is 1.16 bits per heavy atom. The monoisotopic (exact) mass is 436 g/mol. The first-order valence-electron chi connectivity index (χ1n) is 10.8. The number of aromatic nitrogens is 2. The first kappa shape index (κ1) is 21.3. The Balaban J connectivity index is 1.54. The molecule has 0 spiro atoms. The largest absolute Gasteiger partial charge is 0.341 e. The molecule has 4 rings (SSSR count). The third-order valence-electron chi connectivity index (χ3n) is 5.80. The highest BCUT2D eigenvalue weighted by Gasteiger charge is 2.33. The Morgan fingerprint density at radius 2 is 1.97 bits per heavy atom. The zero-order valence-corrected chi connectivity index (χ0v) is 18.8. The highest BCUT2D eigenvalue weighted by Crippen LogP contribution is 2.26. The van der Waals surface area contributed by atoms with Gasteiger partial charge in [0.25, 0.3) is 5.91 Å². The summed E-state index contributed by atoms with van der Waals surface area (Å²) in [6, 6.07) is 14.3. The minimum atomic E-state index is -0.251. The van der Waals surface area contributed by atoms with Crippen molar-refractivity contribution in [2.24, 2.45) is 13.0 Å². The maximum atomic E-state index is 13.3. The number of aryl methyl sites for hydroxylation is 1. The van der Waals surface area contributed by atoms with Crippen molar-refractivity contribution in [3.8, 4) is 10.4 Å². The van der Waals surface area contributed by atoms with Crippen LogP contribution < -0.4 is 0 Å². The molecule has 0 aliphatic carbocycles. The van der Waals surface area contributed by atoms with E-state index in [1.165, 1.54) is 10.4 Å². The van der Waals surface area contributed by atoms with Gasteiger partial charge in [-0.15, -0.1) is 11.3 Å². The summed E-state index contributed by atoms with van der Waals surface area (Å²) in [5.41, 5.74) is 2.85. The number of rotatable bonds is 6. The molecule has 0 N–H and O–H groups in total. The van der Waals surface area contributed by atoms with Crippen molar-refractivity contribution in [2.45, 2.75) is 19.8 Å². The molecule has 0 saturated carbocycles. The van der Waals surface area contributed by atoms with E-state index in [2.05, 4.69) is 47.7 Å². The average Bonchev–Trinajstić information content (AvgIpc) is 3.43. The number of amides is 2. The molecule has 0 bridgehead atoms. The van der Waals surface area contributed by atoms with E-state index in [9.17, 15) is 9.59 Å². The van der Waals surface area contributed by atoms with E-state index in [4.69, 9.17) is 0 Å². The Labute approximate surface area is 187 Å². The summed E-state index contributed by atoms with van der Waals surface area (Å²) >= 11 is 1.72. The average molecular weight is 437 g/mol. The standard InChI is InChI=1S/C24H28N4O2S/c1-3-12-27-13-14-28(24(30)21-10-11-25-26(21)2)17-20(23(27)29)16-18-6-8-19(9-7-18)22-5-4-15-31-22/h4-11,15,20H,3,12-14,16-17H2,1-2H3/t20-/m1/s1. The molecule has 0 radical (unpaired) electrons. The van der Waals surface area contributed by atoms with Gasteiger partial charge in [-0.05, 0) is 41.5 Å². The first-order valence-corrected chi connectivity index (χ1v) is 11.6. The molecule has 0 unspecified atom stereocenters. The van der Waals surface area contributed by atoms with Crippen LogP contribution in [0.4, 0.5) is 0 Å². The summed E-state index contributed by atoms with van der Waals surface area (Å²) < 4.78 is 1.59.